The maximum absolute atomic E-state index is 12.9. The number of hydrogen-bond acceptors (Lipinski definition) is 2. The molecule has 24 heavy (non-hydrogen) atoms. The normalized spacial score (nSPS) is 17.8. The lowest BCUT2D eigenvalue weighted by Gasteiger charge is -2.16. The van der Waals surface area contributed by atoms with Gasteiger partial charge in [-0.1, -0.05) is 48.0 Å². The summed E-state index contributed by atoms with van der Waals surface area (Å²) in [4.78, 5) is 19.1. The lowest BCUT2D eigenvalue weighted by Crippen LogP contribution is -2.33. The van der Waals surface area contributed by atoms with Gasteiger partial charge in [0.05, 0.1) is 5.69 Å². The molecule has 2 aromatic rings. The molecule has 1 fully saturated rings. The van der Waals surface area contributed by atoms with Crippen LogP contribution in [0.25, 0.3) is 6.08 Å². The zero-order chi connectivity index (χ0) is 17.1. The Morgan fingerprint density at radius 3 is 2.33 bits per heavy atom. The highest BCUT2D eigenvalue weighted by molar-refractivity contribution is 6.29. The molecule has 0 radical (unpaired) electrons. The number of nitrogens with zero attached hydrogens (tertiary/aromatic N) is 2. The Labute approximate surface area is 142 Å². The monoisotopic (exact) mass is 319 g/mol. The van der Waals surface area contributed by atoms with Gasteiger partial charge < -0.3 is 5.32 Å². The summed E-state index contributed by atoms with van der Waals surface area (Å²) in [5.41, 5.74) is 3.47. The van der Waals surface area contributed by atoms with E-state index in [1.54, 1.807) is 4.90 Å². The maximum Gasteiger partial charge on any atom is 0.281 e. The molecule has 4 nitrogen and oxygen atoms in total. The first kappa shape index (κ1) is 16.0. The van der Waals surface area contributed by atoms with Gasteiger partial charge in [0.1, 0.15) is 5.70 Å². The van der Waals surface area contributed by atoms with Crippen molar-refractivity contribution < 1.29 is 4.79 Å². The summed E-state index contributed by atoms with van der Waals surface area (Å²) in [6.45, 7) is 6.01. The molecule has 0 unspecified atom stereocenters. The van der Waals surface area contributed by atoms with Crippen LogP contribution in [-0.4, -0.2) is 17.9 Å². The standard InChI is InChI=1S/C20H21N3O/c1-14(2)21-20-22-18(13-16-7-5-4-6-8-16)19(24)23(20)17-11-9-15(3)10-12-17/h4-14H,1-3H3,(H,21,22). The van der Waals surface area contributed by atoms with Gasteiger partial charge in [-0.25, -0.2) is 9.89 Å². The van der Waals surface area contributed by atoms with E-state index >= 15 is 0 Å². The number of amides is 1. The molecule has 0 bridgehead atoms. The minimum Gasteiger partial charge on any atom is -0.321 e. The van der Waals surface area contributed by atoms with Crippen LogP contribution in [0.1, 0.15) is 25.0 Å². The number of nitrogens with one attached hydrogen (secondary N) is 1. The second-order valence-electron chi connectivity index (χ2n) is 6.12. The van der Waals surface area contributed by atoms with E-state index in [-0.39, 0.29) is 11.9 Å². The van der Waals surface area contributed by atoms with Crippen LogP contribution >= 0.6 is 0 Å². The number of benzene rings is 2. The molecule has 1 heterocycles. The molecule has 4 heteroatoms. The zero-order valence-electron chi connectivity index (χ0n) is 14.2. The average Bonchev–Trinajstić information content (AvgIpc) is 2.84. The highest BCUT2D eigenvalue weighted by Crippen LogP contribution is 2.23. The molecule has 0 spiro atoms. The van der Waals surface area contributed by atoms with Crippen molar-refractivity contribution in [2.24, 2.45) is 4.99 Å². The van der Waals surface area contributed by atoms with Crippen molar-refractivity contribution in [2.75, 3.05) is 4.90 Å². The van der Waals surface area contributed by atoms with Gasteiger partial charge in [0.25, 0.3) is 5.91 Å². The minimum absolute atomic E-state index is 0.0873. The summed E-state index contributed by atoms with van der Waals surface area (Å²) in [6, 6.07) is 17.8. The van der Waals surface area contributed by atoms with Crippen molar-refractivity contribution in [3.8, 4) is 0 Å². The fourth-order valence-electron chi connectivity index (χ4n) is 2.53. The Balaban J connectivity index is 2.01. The second kappa shape index (κ2) is 6.71. The molecule has 1 aliphatic heterocycles. The van der Waals surface area contributed by atoms with E-state index in [1.807, 2.05) is 81.4 Å². The Kier molecular flexibility index (Phi) is 4.47. The molecule has 2 aromatic carbocycles. The molecule has 1 saturated heterocycles. The fourth-order valence-corrected chi connectivity index (χ4v) is 2.53. The molecule has 1 aliphatic rings. The van der Waals surface area contributed by atoms with Gasteiger partial charge in [0.2, 0.25) is 5.96 Å². The molecule has 0 saturated carbocycles. The summed E-state index contributed by atoms with van der Waals surface area (Å²) >= 11 is 0. The van der Waals surface area contributed by atoms with Gasteiger partial charge in [-0.3, -0.25) is 4.79 Å². The van der Waals surface area contributed by atoms with E-state index in [4.69, 9.17) is 0 Å². The van der Waals surface area contributed by atoms with Crippen LogP contribution in [0.5, 0.6) is 0 Å². The van der Waals surface area contributed by atoms with Gasteiger partial charge in [-0.2, -0.15) is 0 Å². The van der Waals surface area contributed by atoms with E-state index in [0.717, 1.165) is 16.8 Å². The van der Waals surface area contributed by atoms with Crippen molar-refractivity contribution in [3.05, 3.63) is 71.4 Å². The summed E-state index contributed by atoms with van der Waals surface area (Å²) in [5.74, 6) is 0.475. The van der Waals surface area contributed by atoms with Crippen molar-refractivity contribution in [3.63, 3.8) is 0 Å². The molecule has 0 atom stereocenters. The highest BCUT2D eigenvalue weighted by atomic mass is 16.2. The number of carbonyl (C=O) groups is 1. The number of rotatable bonds is 3. The van der Waals surface area contributed by atoms with Crippen LogP contribution in [0.3, 0.4) is 0 Å². The number of anilines is 1. The summed E-state index contributed by atoms with van der Waals surface area (Å²) in [7, 11) is 0. The third-order valence-electron chi connectivity index (χ3n) is 3.68. The van der Waals surface area contributed by atoms with Crippen LogP contribution in [0.2, 0.25) is 0 Å². The largest absolute Gasteiger partial charge is 0.321 e. The molecular weight excluding hydrogens is 298 g/mol. The smallest absolute Gasteiger partial charge is 0.281 e. The molecule has 3 rings (SSSR count). The van der Waals surface area contributed by atoms with Gasteiger partial charge >= 0.3 is 0 Å². The van der Waals surface area contributed by atoms with E-state index in [2.05, 4.69) is 10.3 Å². The van der Waals surface area contributed by atoms with Crippen molar-refractivity contribution in [1.29, 1.82) is 0 Å². The Morgan fingerprint density at radius 1 is 1.04 bits per heavy atom. The first-order chi connectivity index (χ1) is 11.5. The van der Waals surface area contributed by atoms with Crippen LogP contribution in [0.15, 0.2) is 65.3 Å². The third kappa shape index (κ3) is 3.38. The van der Waals surface area contributed by atoms with Gasteiger partial charge in [0, 0.05) is 6.04 Å². The highest BCUT2D eigenvalue weighted by Gasteiger charge is 2.33. The predicted molar refractivity (Wildman–Crippen MR) is 98.8 cm³/mol. The fraction of sp³-hybridized carbons (Fsp3) is 0.200. The number of aryl methyl sites for hydroxylation is 1. The number of hydrogen-bond donors (Lipinski definition) is 1. The van der Waals surface area contributed by atoms with Gasteiger partial charge in [0.15, 0.2) is 0 Å². The minimum atomic E-state index is -0.0953. The van der Waals surface area contributed by atoms with Gasteiger partial charge in [-0.05, 0) is 44.5 Å². The SMILES string of the molecule is Cc1ccc(N2C(=O)C(=Cc3ccccc3)NC2=NC(C)C)cc1. The van der Waals surface area contributed by atoms with E-state index in [1.165, 1.54) is 0 Å². The number of aliphatic imine (C=N–C) groups is 1. The first-order valence-corrected chi connectivity index (χ1v) is 8.07. The predicted octanol–water partition coefficient (Wildman–Crippen LogP) is 3.74. The van der Waals surface area contributed by atoms with Crippen molar-refractivity contribution in [1.82, 2.24) is 5.32 Å². The molecular formula is C20H21N3O. The van der Waals surface area contributed by atoms with Crippen molar-refractivity contribution >= 4 is 23.6 Å². The average molecular weight is 319 g/mol. The van der Waals surface area contributed by atoms with Crippen LogP contribution in [0, 0.1) is 6.92 Å². The third-order valence-corrected chi connectivity index (χ3v) is 3.68. The van der Waals surface area contributed by atoms with E-state index in [0.29, 0.717) is 11.7 Å². The zero-order valence-corrected chi connectivity index (χ0v) is 14.2. The lowest BCUT2D eigenvalue weighted by molar-refractivity contribution is -0.113. The van der Waals surface area contributed by atoms with Crippen LogP contribution < -0.4 is 10.2 Å². The Morgan fingerprint density at radius 2 is 1.71 bits per heavy atom. The summed E-state index contributed by atoms with van der Waals surface area (Å²) in [6.07, 6.45) is 1.85. The van der Waals surface area contributed by atoms with Crippen LogP contribution in [-0.2, 0) is 4.79 Å². The first-order valence-electron chi connectivity index (χ1n) is 8.07. The maximum atomic E-state index is 12.9. The summed E-state index contributed by atoms with van der Waals surface area (Å²) < 4.78 is 0. The molecule has 0 aromatic heterocycles. The second-order valence-corrected chi connectivity index (χ2v) is 6.12. The summed E-state index contributed by atoms with van der Waals surface area (Å²) in [5, 5.41) is 3.17. The quantitative estimate of drug-likeness (QED) is 0.876. The molecule has 0 aliphatic carbocycles. The lowest BCUT2D eigenvalue weighted by atomic mass is 10.2. The Hall–Kier alpha value is -2.88. The topological polar surface area (TPSA) is 44.7 Å². The van der Waals surface area contributed by atoms with E-state index < -0.39 is 0 Å². The molecule has 1 amide bonds. The van der Waals surface area contributed by atoms with Crippen molar-refractivity contribution in [2.45, 2.75) is 26.8 Å². The molecule has 1 N–H and O–H groups in total. The van der Waals surface area contributed by atoms with Crippen LogP contribution in [0.4, 0.5) is 5.69 Å². The van der Waals surface area contributed by atoms with E-state index in [9.17, 15) is 4.79 Å². The number of guanidine groups is 1. The van der Waals surface area contributed by atoms with Gasteiger partial charge in [-0.15, -0.1) is 0 Å². The Bertz CT molecular complexity index is 789. The molecule has 122 valence electrons. The number of carbonyl (C=O) groups excluding carboxylic acids is 1.